The molecule has 0 unspecified atom stereocenters. The van der Waals surface area contributed by atoms with Gasteiger partial charge >= 0.3 is 0 Å². The van der Waals surface area contributed by atoms with Crippen LogP contribution in [0.2, 0.25) is 0 Å². The van der Waals surface area contributed by atoms with E-state index in [9.17, 15) is 0 Å². The highest BCUT2D eigenvalue weighted by Crippen LogP contribution is 2.33. The molecule has 0 saturated carbocycles. The topological polar surface area (TPSA) is 0 Å². The summed E-state index contributed by atoms with van der Waals surface area (Å²) in [5.41, 5.74) is 1.80. The van der Waals surface area contributed by atoms with Crippen LogP contribution in [0.1, 0.15) is 61.3 Å². The normalized spacial score (nSPS) is 10.8. The first-order valence-electron chi connectivity index (χ1n) is 5.56. The molecule has 0 rings (SSSR count). The van der Waals surface area contributed by atoms with E-state index in [0.29, 0.717) is 5.41 Å². The lowest BCUT2D eigenvalue weighted by atomic mass is 9.76. The van der Waals surface area contributed by atoms with Crippen molar-refractivity contribution in [3.63, 3.8) is 0 Å². The maximum absolute atomic E-state index is 4.04. The van der Waals surface area contributed by atoms with E-state index in [-0.39, 0.29) is 0 Å². The lowest BCUT2D eigenvalue weighted by Gasteiger charge is -2.29. The van der Waals surface area contributed by atoms with Gasteiger partial charge in [-0.2, -0.15) is 0 Å². The molecule has 13 heavy (non-hydrogen) atoms. The number of hydrogen-bond acceptors (Lipinski definition) is 0. The molecule has 0 fully saturated rings. The highest BCUT2D eigenvalue weighted by atomic mass is 14.3. The smallest absolute Gasteiger partial charge is 0.0269 e. The fourth-order valence-electron chi connectivity index (χ4n) is 0.973. The van der Waals surface area contributed by atoms with Gasteiger partial charge in [0, 0.05) is 0 Å². The van der Waals surface area contributed by atoms with Gasteiger partial charge in [0.15, 0.2) is 0 Å². The lowest BCUT2D eigenvalue weighted by Crippen LogP contribution is -2.19. The SMILES string of the molecule is C=C(CC)CC(C)(C)C(C)C.CC. The van der Waals surface area contributed by atoms with Crippen LogP contribution < -0.4 is 0 Å². The summed E-state index contributed by atoms with van der Waals surface area (Å²) >= 11 is 0. The molecule has 0 radical (unpaired) electrons. The van der Waals surface area contributed by atoms with Crippen LogP contribution >= 0.6 is 0 Å². The summed E-state index contributed by atoms with van der Waals surface area (Å²) in [6, 6.07) is 0. The second kappa shape index (κ2) is 7.17. The lowest BCUT2D eigenvalue weighted by molar-refractivity contribution is 0.246. The average molecular weight is 184 g/mol. The number of hydrogen-bond donors (Lipinski definition) is 0. The van der Waals surface area contributed by atoms with Gasteiger partial charge < -0.3 is 0 Å². The predicted molar refractivity (Wildman–Crippen MR) is 64.0 cm³/mol. The van der Waals surface area contributed by atoms with Crippen molar-refractivity contribution < 1.29 is 0 Å². The van der Waals surface area contributed by atoms with Crippen molar-refractivity contribution in [2.45, 2.75) is 61.3 Å². The predicted octanol–water partition coefficient (Wildman–Crippen LogP) is 5.05. The first kappa shape index (κ1) is 15.2. The Bertz CT molecular complexity index is 129. The number of rotatable bonds is 4. The molecule has 0 aliphatic carbocycles. The standard InChI is InChI=1S/C11H22.C2H6/c1-7-10(4)8-11(5,6)9(2)3;1-2/h9H,4,7-8H2,1-3,5-6H3;1-2H3. The van der Waals surface area contributed by atoms with Crippen LogP contribution in [-0.4, -0.2) is 0 Å². The molecule has 80 valence electrons. The maximum atomic E-state index is 4.04. The highest BCUT2D eigenvalue weighted by Gasteiger charge is 2.22. The molecular weight excluding hydrogens is 156 g/mol. The van der Waals surface area contributed by atoms with Crippen LogP contribution in [-0.2, 0) is 0 Å². The second-order valence-electron chi connectivity index (χ2n) is 4.42. The van der Waals surface area contributed by atoms with Gasteiger partial charge in [0.2, 0.25) is 0 Å². The quantitative estimate of drug-likeness (QED) is 0.536. The molecule has 0 saturated heterocycles. The Balaban J connectivity index is 0. The summed E-state index contributed by atoms with van der Waals surface area (Å²) in [5.74, 6) is 0.741. The third-order valence-electron chi connectivity index (χ3n) is 2.77. The van der Waals surface area contributed by atoms with Crippen LogP contribution in [0.25, 0.3) is 0 Å². The maximum Gasteiger partial charge on any atom is -0.0269 e. The van der Waals surface area contributed by atoms with Gasteiger partial charge in [0.25, 0.3) is 0 Å². The Labute approximate surface area is 85.4 Å². The van der Waals surface area contributed by atoms with E-state index in [1.54, 1.807) is 0 Å². The highest BCUT2D eigenvalue weighted by molar-refractivity contribution is 4.97. The van der Waals surface area contributed by atoms with Crippen molar-refractivity contribution >= 4 is 0 Å². The van der Waals surface area contributed by atoms with Crippen LogP contribution in [0, 0.1) is 11.3 Å². The van der Waals surface area contributed by atoms with Gasteiger partial charge in [-0.1, -0.05) is 60.6 Å². The molecule has 0 spiro atoms. The molecule has 0 aromatic heterocycles. The Morgan fingerprint density at radius 2 is 1.62 bits per heavy atom. The van der Waals surface area contributed by atoms with E-state index in [4.69, 9.17) is 0 Å². The summed E-state index contributed by atoms with van der Waals surface area (Å²) in [4.78, 5) is 0. The van der Waals surface area contributed by atoms with Crippen LogP contribution in [0.5, 0.6) is 0 Å². The number of allylic oxidation sites excluding steroid dienone is 1. The second-order valence-corrected chi connectivity index (χ2v) is 4.42. The van der Waals surface area contributed by atoms with Crippen molar-refractivity contribution in [2.24, 2.45) is 11.3 Å². The van der Waals surface area contributed by atoms with Gasteiger partial charge in [-0.25, -0.2) is 0 Å². The molecular formula is C13H28. The minimum atomic E-state index is 0.424. The molecule has 0 aromatic rings. The molecule has 0 N–H and O–H groups in total. The van der Waals surface area contributed by atoms with Crippen LogP contribution in [0.15, 0.2) is 12.2 Å². The van der Waals surface area contributed by atoms with Crippen molar-refractivity contribution in [1.82, 2.24) is 0 Å². The Morgan fingerprint density at radius 3 is 1.85 bits per heavy atom. The van der Waals surface area contributed by atoms with Gasteiger partial charge in [0.1, 0.15) is 0 Å². The first-order valence-corrected chi connectivity index (χ1v) is 5.56. The zero-order valence-corrected chi connectivity index (χ0v) is 10.7. The molecule has 0 heteroatoms. The van der Waals surface area contributed by atoms with Crippen LogP contribution in [0.4, 0.5) is 0 Å². The van der Waals surface area contributed by atoms with Gasteiger partial charge in [-0.05, 0) is 24.2 Å². The molecule has 0 aliphatic heterocycles. The van der Waals surface area contributed by atoms with Gasteiger partial charge in [-0.15, -0.1) is 0 Å². The molecule has 0 bridgehead atoms. The van der Waals surface area contributed by atoms with E-state index < -0.39 is 0 Å². The Hall–Kier alpha value is -0.260. The first-order chi connectivity index (χ1) is 5.90. The summed E-state index contributed by atoms with van der Waals surface area (Å²) in [6.45, 7) is 19.4. The molecule has 0 aromatic carbocycles. The molecule has 0 atom stereocenters. The van der Waals surface area contributed by atoms with Gasteiger partial charge in [0.05, 0.1) is 0 Å². The van der Waals surface area contributed by atoms with E-state index in [0.717, 1.165) is 12.3 Å². The summed E-state index contributed by atoms with van der Waals surface area (Å²) < 4.78 is 0. The molecule has 0 amide bonds. The molecule has 0 heterocycles. The summed E-state index contributed by atoms with van der Waals surface area (Å²) in [6.07, 6.45) is 2.29. The zero-order valence-electron chi connectivity index (χ0n) is 10.7. The molecule has 0 aliphatic rings. The van der Waals surface area contributed by atoms with Crippen molar-refractivity contribution in [3.05, 3.63) is 12.2 Å². The summed E-state index contributed by atoms with van der Waals surface area (Å²) in [7, 11) is 0. The fraction of sp³-hybridized carbons (Fsp3) is 0.846. The van der Waals surface area contributed by atoms with Crippen molar-refractivity contribution in [1.29, 1.82) is 0 Å². The minimum absolute atomic E-state index is 0.424. The van der Waals surface area contributed by atoms with E-state index in [1.165, 1.54) is 12.0 Å². The van der Waals surface area contributed by atoms with E-state index in [1.807, 2.05) is 13.8 Å². The van der Waals surface area contributed by atoms with E-state index >= 15 is 0 Å². The molecule has 0 nitrogen and oxygen atoms in total. The largest absolute Gasteiger partial charge is 0.0999 e. The zero-order chi connectivity index (χ0) is 11.1. The summed E-state index contributed by atoms with van der Waals surface area (Å²) in [5, 5.41) is 0. The fourth-order valence-corrected chi connectivity index (χ4v) is 0.973. The van der Waals surface area contributed by atoms with E-state index in [2.05, 4.69) is 41.2 Å². The van der Waals surface area contributed by atoms with Crippen molar-refractivity contribution in [2.75, 3.05) is 0 Å². The van der Waals surface area contributed by atoms with Crippen LogP contribution in [0.3, 0.4) is 0 Å². The average Bonchev–Trinajstić information content (AvgIpc) is 2.07. The van der Waals surface area contributed by atoms with Crippen molar-refractivity contribution in [3.8, 4) is 0 Å². The Morgan fingerprint density at radius 1 is 1.23 bits per heavy atom. The monoisotopic (exact) mass is 184 g/mol. The Kier molecular flexibility index (Phi) is 8.40. The third-order valence-corrected chi connectivity index (χ3v) is 2.77. The minimum Gasteiger partial charge on any atom is -0.0999 e. The van der Waals surface area contributed by atoms with Gasteiger partial charge in [-0.3, -0.25) is 0 Å². The third kappa shape index (κ3) is 6.86.